The Kier molecular flexibility index (Phi) is 2.04. The molecule has 0 saturated heterocycles. The Labute approximate surface area is 78.4 Å². The van der Waals surface area contributed by atoms with Crippen LogP contribution in [0.2, 0.25) is 0 Å². The van der Waals surface area contributed by atoms with Crippen molar-refractivity contribution < 1.29 is 0 Å². The third-order valence-corrected chi connectivity index (χ3v) is 3.18. The van der Waals surface area contributed by atoms with Crippen molar-refractivity contribution >= 4 is 0 Å². The van der Waals surface area contributed by atoms with Crippen LogP contribution in [0.5, 0.6) is 0 Å². The molecule has 1 aromatic rings. The molecule has 1 aliphatic carbocycles. The number of nitrogens with zero attached hydrogens (tertiary/aromatic N) is 2. The molecule has 0 spiro atoms. The molecule has 0 aliphatic heterocycles. The zero-order valence-electron chi connectivity index (χ0n) is 7.95. The highest BCUT2D eigenvalue weighted by Gasteiger charge is 2.38. The van der Waals surface area contributed by atoms with Gasteiger partial charge in [-0.15, -0.1) is 0 Å². The van der Waals surface area contributed by atoms with Crippen LogP contribution >= 0.6 is 0 Å². The standard InChI is InChI=1S/C10H15N3/c1-8-9(5-12-7-13-8)10(6-11)3-2-4-10/h5,7H,2-4,6,11H2,1H3. The molecular formula is C10H15N3. The SMILES string of the molecule is Cc1ncncc1C1(CN)CCC1. The second kappa shape index (κ2) is 3.07. The molecule has 0 unspecified atom stereocenters. The average molecular weight is 177 g/mol. The fraction of sp³-hybridized carbons (Fsp3) is 0.600. The largest absolute Gasteiger partial charge is 0.330 e. The molecule has 0 bridgehead atoms. The third kappa shape index (κ3) is 1.23. The van der Waals surface area contributed by atoms with Crippen LogP contribution in [-0.2, 0) is 5.41 Å². The van der Waals surface area contributed by atoms with Crippen LogP contribution in [-0.4, -0.2) is 16.5 Å². The summed E-state index contributed by atoms with van der Waals surface area (Å²) in [7, 11) is 0. The summed E-state index contributed by atoms with van der Waals surface area (Å²) in [6.07, 6.45) is 7.19. The molecule has 1 heterocycles. The third-order valence-electron chi connectivity index (χ3n) is 3.18. The van der Waals surface area contributed by atoms with Crippen molar-refractivity contribution in [2.75, 3.05) is 6.54 Å². The normalized spacial score (nSPS) is 19.5. The van der Waals surface area contributed by atoms with Crippen LogP contribution in [0, 0.1) is 6.92 Å². The zero-order chi connectivity index (χ0) is 9.31. The highest BCUT2D eigenvalue weighted by atomic mass is 14.8. The van der Waals surface area contributed by atoms with Gasteiger partial charge in [0, 0.05) is 23.9 Å². The lowest BCUT2D eigenvalue weighted by Crippen LogP contribution is -2.42. The fourth-order valence-corrected chi connectivity index (χ4v) is 2.10. The molecule has 2 N–H and O–H groups in total. The lowest BCUT2D eigenvalue weighted by Gasteiger charge is -2.41. The van der Waals surface area contributed by atoms with Crippen molar-refractivity contribution in [1.82, 2.24) is 9.97 Å². The summed E-state index contributed by atoms with van der Waals surface area (Å²) in [4.78, 5) is 8.28. The van der Waals surface area contributed by atoms with Crippen molar-refractivity contribution in [2.24, 2.45) is 5.73 Å². The van der Waals surface area contributed by atoms with Crippen LogP contribution in [0.4, 0.5) is 0 Å². The molecule has 1 aliphatic rings. The van der Waals surface area contributed by atoms with E-state index in [4.69, 9.17) is 5.73 Å². The second-order valence-corrected chi connectivity index (χ2v) is 3.86. The lowest BCUT2D eigenvalue weighted by atomic mass is 9.64. The molecule has 13 heavy (non-hydrogen) atoms. The quantitative estimate of drug-likeness (QED) is 0.737. The minimum atomic E-state index is 0.200. The molecule has 1 fully saturated rings. The van der Waals surface area contributed by atoms with Crippen LogP contribution in [0.1, 0.15) is 30.5 Å². The summed E-state index contributed by atoms with van der Waals surface area (Å²) in [6.45, 7) is 2.76. The first-order valence-corrected chi connectivity index (χ1v) is 4.76. The van der Waals surface area contributed by atoms with Crippen molar-refractivity contribution in [2.45, 2.75) is 31.6 Å². The van der Waals surface area contributed by atoms with Gasteiger partial charge < -0.3 is 5.73 Å². The summed E-state index contributed by atoms with van der Waals surface area (Å²) in [5.74, 6) is 0. The molecule has 1 aromatic heterocycles. The highest BCUT2D eigenvalue weighted by molar-refractivity contribution is 5.29. The van der Waals surface area contributed by atoms with Gasteiger partial charge in [-0.3, -0.25) is 0 Å². The molecule has 70 valence electrons. The molecule has 3 heteroatoms. The predicted molar refractivity (Wildman–Crippen MR) is 51.4 cm³/mol. The lowest BCUT2D eigenvalue weighted by molar-refractivity contribution is 0.250. The Hall–Kier alpha value is -0.960. The van der Waals surface area contributed by atoms with Gasteiger partial charge in [0.2, 0.25) is 0 Å². The van der Waals surface area contributed by atoms with Crippen molar-refractivity contribution in [3.05, 3.63) is 23.8 Å². The summed E-state index contributed by atoms with van der Waals surface area (Å²) < 4.78 is 0. The minimum Gasteiger partial charge on any atom is -0.330 e. The van der Waals surface area contributed by atoms with E-state index in [1.54, 1.807) is 6.33 Å². The second-order valence-electron chi connectivity index (χ2n) is 3.86. The van der Waals surface area contributed by atoms with Crippen LogP contribution in [0.15, 0.2) is 12.5 Å². The van der Waals surface area contributed by atoms with Gasteiger partial charge in [0.25, 0.3) is 0 Å². The smallest absolute Gasteiger partial charge is 0.115 e. The molecule has 0 amide bonds. The summed E-state index contributed by atoms with van der Waals surface area (Å²) >= 11 is 0. The maximum absolute atomic E-state index is 5.81. The molecule has 1 saturated carbocycles. The molecular weight excluding hydrogens is 162 g/mol. The fourth-order valence-electron chi connectivity index (χ4n) is 2.10. The van der Waals surface area contributed by atoms with Crippen molar-refractivity contribution in [3.8, 4) is 0 Å². The van der Waals surface area contributed by atoms with E-state index in [0.29, 0.717) is 0 Å². The Morgan fingerprint density at radius 1 is 1.54 bits per heavy atom. The topological polar surface area (TPSA) is 51.8 Å². The minimum absolute atomic E-state index is 0.200. The van der Waals surface area contributed by atoms with E-state index in [1.165, 1.54) is 24.8 Å². The van der Waals surface area contributed by atoms with Gasteiger partial charge in [-0.25, -0.2) is 9.97 Å². The zero-order valence-corrected chi connectivity index (χ0v) is 7.95. The predicted octanol–water partition coefficient (Wildman–Crippen LogP) is 1.17. The average Bonchev–Trinajstić information content (AvgIpc) is 2.07. The van der Waals surface area contributed by atoms with Crippen molar-refractivity contribution in [3.63, 3.8) is 0 Å². The summed E-state index contributed by atoms with van der Waals surface area (Å²) in [6, 6.07) is 0. The van der Waals surface area contributed by atoms with Crippen LogP contribution in [0.3, 0.4) is 0 Å². The van der Waals surface area contributed by atoms with Gasteiger partial charge in [-0.2, -0.15) is 0 Å². The number of rotatable bonds is 2. The molecule has 0 atom stereocenters. The van der Waals surface area contributed by atoms with Crippen molar-refractivity contribution in [1.29, 1.82) is 0 Å². The first-order chi connectivity index (χ1) is 6.28. The van der Waals surface area contributed by atoms with Gasteiger partial charge in [0.05, 0.1) is 0 Å². The molecule has 0 radical (unpaired) electrons. The first-order valence-electron chi connectivity index (χ1n) is 4.76. The van der Waals surface area contributed by atoms with Gasteiger partial charge in [0.1, 0.15) is 6.33 Å². The van der Waals surface area contributed by atoms with Crippen LogP contribution < -0.4 is 5.73 Å². The van der Waals surface area contributed by atoms with Gasteiger partial charge >= 0.3 is 0 Å². The van der Waals surface area contributed by atoms with Gasteiger partial charge in [-0.05, 0) is 25.3 Å². The number of nitrogens with two attached hydrogens (primary N) is 1. The number of aromatic nitrogens is 2. The van der Waals surface area contributed by atoms with E-state index < -0.39 is 0 Å². The van der Waals surface area contributed by atoms with E-state index in [1.807, 2.05) is 13.1 Å². The van der Waals surface area contributed by atoms with E-state index in [-0.39, 0.29) is 5.41 Å². The Bertz CT molecular complexity index is 299. The van der Waals surface area contributed by atoms with Crippen LogP contribution in [0.25, 0.3) is 0 Å². The Morgan fingerprint density at radius 2 is 2.31 bits per heavy atom. The highest BCUT2D eigenvalue weighted by Crippen LogP contribution is 2.43. The first kappa shape index (κ1) is 8.63. The summed E-state index contributed by atoms with van der Waals surface area (Å²) in [5, 5.41) is 0. The van der Waals surface area contributed by atoms with Gasteiger partial charge in [0.15, 0.2) is 0 Å². The molecule has 0 aromatic carbocycles. The number of hydrogen-bond acceptors (Lipinski definition) is 3. The molecule has 3 nitrogen and oxygen atoms in total. The summed E-state index contributed by atoms with van der Waals surface area (Å²) in [5.41, 5.74) is 8.35. The molecule has 2 rings (SSSR count). The van der Waals surface area contributed by atoms with Gasteiger partial charge in [-0.1, -0.05) is 6.42 Å². The Morgan fingerprint density at radius 3 is 2.77 bits per heavy atom. The number of aryl methyl sites for hydroxylation is 1. The van der Waals surface area contributed by atoms with E-state index in [0.717, 1.165) is 12.2 Å². The maximum atomic E-state index is 5.81. The van der Waals surface area contributed by atoms with E-state index in [2.05, 4.69) is 9.97 Å². The number of hydrogen-bond donors (Lipinski definition) is 1. The maximum Gasteiger partial charge on any atom is 0.115 e. The van der Waals surface area contributed by atoms with E-state index in [9.17, 15) is 0 Å². The monoisotopic (exact) mass is 177 g/mol. The Balaban J connectivity index is 2.38. The van der Waals surface area contributed by atoms with E-state index >= 15 is 0 Å².